The summed E-state index contributed by atoms with van der Waals surface area (Å²) in [7, 11) is -7.55. The molecule has 0 saturated carbocycles. The Morgan fingerprint density at radius 2 is 1.70 bits per heavy atom. The number of Topliss-reactive ketones (excluding diaryl/α,β-unsaturated/α-hetero) is 1. The predicted molar refractivity (Wildman–Crippen MR) is 102 cm³/mol. The molecule has 0 radical (unpaired) electrons. The van der Waals surface area contributed by atoms with E-state index >= 15 is 0 Å². The molecule has 144 valence electrons. The summed E-state index contributed by atoms with van der Waals surface area (Å²) in [4.78, 5) is 11.6. The third-order valence-electron chi connectivity index (χ3n) is 4.57. The first kappa shape index (κ1) is 20.0. The van der Waals surface area contributed by atoms with Crippen LogP contribution in [0.3, 0.4) is 0 Å². The summed E-state index contributed by atoms with van der Waals surface area (Å²) >= 11 is 5.80. The Bertz CT molecular complexity index is 1080. The summed E-state index contributed by atoms with van der Waals surface area (Å²) in [6, 6.07) is 11.6. The molecule has 1 aliphatic rings. The molecule has 0 aliphatic carbocycles. The Morgan fingerprint density at radius 3 is 2.33 bits per heavy atom. The summed E-state index contributed by atoms with van der Waals surface area (Å²) in [6.45, 7) is 1.33. The summed E-state index contributed by atoms with van der Waals surface area (Å²) in [6.07, 6.45) is 0.205. The molecule has 1 saturated heterocycles. The highest BCUT2D eigenvalue weighted by molar-refractivity contribution is 7.92. The number of benzene rings is 2. The van der Waals surface area contributed by atoms with Crippen molar-refractivity contribution in [2.24, 2.45) is 0 Å². The zero-order chi connectivity index (χ0) is 19.8. The van der Waals surface area contributed by atoms with Crippen molar-refractivity contribution in [3.05, 3.63) is 59.1 Å². The fourth-order valence-electron chi connectivity index (χ4n) is 3.01. The summed E-state index contributed by atoms with van der Waals surface area (Å²) in [5.74, 6) is -0.239. The smallest absolute Gasteiger partial charge is 0.243 e. The largest absolute Gasteiger partial charge is 0.295 e. The fraction of sp³-hybridized carbons (Fsp3) is 0.278. The molecule has 1 fully saturated rings. The molecule has 1 heterocycles. The highest BCUT2D eigenvalue weighted by atomic mass is 35.5. The molecule has 9 heteroatoms. The second kappa shape index (κ2) is 7.35. The number of hydrogen-bond donors (Lipinski definition) is 0. The fourth-order valence-corrected chi connectivity index (χ4v) is 6.47. The Hall–Kier alpha value is -1.74. The van der Waals surface area contributed by atoms with E-state index in [0.29, 0.717) is 10.6 Å². The molecule has 0 spiro atoms. The van der Waals surface area contributed by atoms with Gasteiger partial charge in [0.2, 0.25) is 10.0 Å². The highest BCUT2D eigenvalue weighted by Crippen LogP contribution is 2.29. The summed E-state index contributed by atoms with van der Waals surface area (Å²) in [5, 5.41) is -0.403. The van der Waals surface area contributed by atoms with Crippen molar-refractivity contribution in [1.29, 1.82) is 0 Å². The van der Waals surface area contributed by atoms with E-state index in [-0.39, 0.29) is 35.1 Å². The number of hydrogen-bond acceptors (Lipinski definition) is 5. The molecule has 2 aromatic carbocycles. The second-order valence-electron chi connectivity index (χ2n) is 6.36. The molecule has 2 aromatic rings. The minimum atomic E-state index is -3.88. The van der Waals surface area contributed by atoms with Gasteiger partial charge in [0, 0.05) is 23.7 Å². The van der Waals surface area contributed by atoms with E-state index in [1.165, 1.54) is 49.4 Å². The van der Waals surface area contributed by atoms with Gasteiger partial charge in [-0.1, -0.05) is 23.7 Å². The minimum Gasteiger partial charge on any atom is -0.295 e. The van der Waals surface area contributed by atoms with Gasteiger partial charge in [0.05, 0.1) is 15.0 Å². The van der Waals surface area contributed by atoms with Gasteiger partial charge in [0.1, 0.15) is 0 Å². The van der Waals surface area contributed by atoms with Crippen molar-refractivity contribution in [2.75, 3.05) is 13.1 Å². The summed E-state index contributed by atoms with van der Waals surface area (Å²) < 4.78 is 52.5. The predicted octanol–water partition coefficient (Wildman–Crippen LogP) is 2.78. The zero-order valence-corrected chi connectivity index (χ0v) is 16.9. The Kier molecular flexibility index (Phi) is 5.45. The van der Waals surface area contributed by atoms with E-state index in [9.17, 15) is 21.6 Å². The first-order chi connectivity index (χ1) is 12.6. The van der Waals surface area contributed by atoms with E-state index in [1.807, 2.05) is 0 Å². The monoisotopic (exact) mass is 427 g/mol. The molecule has 1 atom stereocenters. The summed E-state index contributed by atoms with van der Waals surface area (Å²) in [5.41, 5.74) is 0.292. The van der Waals surface area contributed by atoms with Crippen molar-refractivity contribution in [1.82, 2.24) is 4.31 Å². The lowest BCUT2D eigenvalue weighted by atomic mass is 10.2. The number of rotatable bonds is 5. The van der Waals surface area contributed by atoms with E-state index < -0.39 is 25.1 Å². The van der Waals surface area contributed by atoms with Gasteiger partial charge in [-0.15, -0.1) is 0 Å². The average molecular weight is 428 g/mol. The van der Waals surface area contributed by atoms with Crippen LogP contribution in [0.15, 0.2) is 58.3 Å². The number of nitrogens with zero attached hydrogens (tertiary/aromatic N) is 1. The Balaban J connectivity index is 1.85. The average Bonchev–Trinajstić information content (AvgIpc) is 3.14. The maximum absolute atomic E-state index is 12.9. The lowest BCUT2D eigenvalue weighted by molar-refractivity contribution is 0.101. The number of sulfone groups is 1. The van der Waals surface area contributed by atoms with Crippen LogP contribution in [0, 0.1) is 0 Å². The van der Waals surface area contributed by atoms with Crippen molar-refractivity contribution < 1.29 is 21.6 Å². The normalized spacial score (nSPS) is 18.5. The minimum absolute atomic E-state index is 0.0141. The van der Waals surface area contributed by atoms with Gasteiger partial charge in [-0.25, -0.2) is 16.8 Å². The molecule has 0 N–H and O–H groups in total. The van der Waals surface area contributed by atoms with Crippen LogP contribution < -0.4 is 0 Å². The van der Waals surface area contributed by atoms with Crippen molar-refractivity contribution in [2.45, 2.75) is 28.4 Å². The molecular formula is C18H18ClNO5S2. The lowest BCUT2D eigenvalue weighted by Crippen LogP contribution is -2.32. The number of halogens is 1. The van der Waals surface area contributed by atoms with Crippen LogP contribution in [-0.4, -0.2) is 45.3 Å². The number of sulfonamides is 1. The second-order valence-corrected chi connectivity index (χ2v) is 11.0. The van der Waals surface area contributed by atoms with Crippen LogP contribution in [-0.2, 0) is 19.9 Å². The highest BCUT2D eigenvalue weighted by Gasteiger charge is 2.39. The molecule has 3 rings (SSSR count). The molecular weight excluding hydrogens is 410 g/mol. The number of ketones is 1. The van der Waals surface area contributed by atoms with Crippen molar-refractivity contribution >= 4 is 37.2 Å². The first-order valence-electron chi connectivity index (χ1n) is 8.23. The third kappa shape index (κ3) is 3.94. The van der Waals surface area contributed by atoms with Gasteiger partial charge in [0.15, 0.2) is 15.6 Å². The molecule has 27 heavy (non-hydrogen) atoms. The molecule has 0 aromatic heterocycles. The number of carbonyl (C=O) groups is 1. The van der Waals surface area contributed by atoms with E-state index in [2.05, 4.69) is 0 Å². The van der Waals surface area contributed by atoms with Gasteiger partial charge in [0.25, 0.3) is 0 Å². The molecule has 0 amide bonds. The van der Waals surface area contributed by atoms with E-state index in [1.54, 1.807) is 6.07 Å². The van der Waals surface area contributed by atoms with E-state index in [0.717, 1.165) is 4.31 Å². The molecule has 0 unspecified atom stereocenters. The van der Waals surface area contributed by atoms with Crippen LogP contribution in [0.25, 0.3) is 0 Å². The third-order valence-corrected chi connectivity index (χ3v) is 8.87. The van der Waals surface area contributed by atoms with Gasteiger partial charge in [-0.05, 0) is 49.7 Å². The van der Waals surface area contributed by atoms with Crippen LogP contribution in [0.5, 0.6) is 0 Å². The molecule has 0 bridgehead atoms. The lowest BCUT2D eigenvalue weighted by Gasteiger charge is -2.17. The topological polar surface area (TPSA) is 88.6 Å². The van der Waals surface area contributed by atoms with Crippen LogP contribution in [0.4, 0.5) is 0 Å². The van der Waals surface area contributed by atoms with E-state index in [4.69, 9.17) is 11.6 Å². The van der Waals surface area contributed by atoms with Crippen LogP contribution >= 0.6 is 11.6 Å². The van der Waals surface area contributed by atoms with Crippen molar-refractivity contribution in [3.8, 4) is 0 Å². The zero-order valence-electron chi connectivity index (χ0n) is 14.5. The van der Waals surface area contributed by atoms with Gasteiger partial charge < -0.3 is 0 Å². The van der Waals surface area contributed by atoms with Gasteiger partial charge >= 0.3 is 0 Å². The quantitative estimate of drug-likeness (QED) is 0.684. The van der Waals surface area contributed by atoms with Crippen LogP contribution in [0.1, 0.15) is 23.7 Å². The SMILES string of the molecule is CC(=O)c1cccc(S(=O)(=O)N2CC[C@H](S(=O)(=O)c3ccc(Cl)cc3)C2)c1. The first-order valence-corrected chi connectivity index (χ1v) is 11.6. The van der Waals surface area contributed by atoms with Crippen molar-refractivity contribution in [3.63, 3.8) is 0 Å². The molecule has 6 nitrogen and oxygen atoms in total. The Morgan fingerprint density at radius 1 is 1.04 bits per heavy atom. The standard InChI is InChI=1S/C18H18ClNO5S2/c1-13(21)14-3-2-4-17(11-14)27(24,25)20-10-9-18(12-20)26(22,23)16-7-5-15(19)6-8-16/h2-8,11,18H,9-10,12H2,1H3/t18-/m0/s1. The molecule has 1 aliphatic heterocycles. The Labute approximate surface area is 163 Å². The number of carbonyl (C=O) groups excluding carboxylic acids is 1. The van der Waals surface area contributed by atoms with Gasteiger partial charge in [-0.3, -0.25) is 4.79 Å². The maximum Gasteiger partial charge on any atom is 0.243 e. The van der Waals surface area contributed by atoms with Gasteiger partial charge in [-0.2, -0.15) is 4.31 Å². The maximum atomic E-state index is 12.9. The van der Waals surface area contributed by atoms with Crippen LogP contribution in [0.2, 0.25) is 5.02 Å².